The van der Waals surface area contributed by atoms with Gasteiger partial charge in [-0.2, -0.15) is 0 Å². The SMILES string of the molecule is CCCCCCCCCCCCCCCC(=O)OCC(O)COC(=O)/C=C/c1ccccc1. The van der Waals surface area contributed by atoms with Gasteiger partial charge < -0.3 is 14.6 Å². The van der Waals surface area contributed by atoms with Gasteiger partial charge in [0.15, 0.2) is 0 Å². The summed E-state index contributed by atoms with van der Waals surface area (Å²) in [6, 6.07) is 9.39. The zero-order chi connectivity index (χ0) is 24.0. The van der Waals surface area contributed by atoms with Gasteiger partial charge in [-0.3, -0.25) is 4.79 Å². The van der Waals surface area contributed by atoms with E-state index in [1.54, 1.807) is 6.08 Å². The number of ether oxygens (including phenoxy) is 2. The highest BCUT2D eigenvalue weighted by molar-refractivity contribution is 5.87. The number of benzene rings is 1. The Morgan fingerprint density at radius 3 is 1.88 bits per heavy atom. The molecule has 5 nitrogen and oxygen atoms in total. The van der Waals surface area contributed by atoms with E-state index in [0.717, 1.165) is 24.8 Å². The van der Waals surface area contributed by atoms with Crippen LogP contribution in [-0.2, 0) is 19.1 Å². The van der Waals surface area contributed by atoms with E-state index in [4.69, 9.17) is 9.47 Å². The smallest absolute Gasteiger partial charge is 0.330 e. The topological polar surface area (TPSA) is 72.8 Å². The highest BCUT2D eigenvalue weighted by Crippen LogP contribution is 2.13. The van der Waals surface area contributed by atoms with Gasteiger partial charge in [0.25, 0.3) is 0 Å². The summed E-state index contributed by atoms with van der Waals surface area (Å²) in [4.78, 5) is 23.5. The molecule has 0 bridgehead atoms. The molecule has 1 aromatic carbocycles. The van der Waals surface area contributed by atoms with Gasteiger partial charge in [-0.1, -0.05) is 114 Å². The highest BCUT2D eigenvalue weighted by atomic mass is 16.6. The number of aliphatic hydroxyl groups excluding tert-OH is 1. The van der Waals surface area contributed by atoms with Gasteiger partial charge in [0.05, 0.1) is 0 Å². The van der Waals surface area contributed by atoms with Crippen LogP contribution < -0.4 is 0 Å². The zero-order valence-electron chi connectivity index (χ0n) is 20.5. The predicted molar refractivity (Wildman–Crippen MR) is 134 cm³/mol. The van der Waals surface area contributed by atoms with Crippen molar-refractivity contribution >= 4 is 18.0 Å². The molecule has 1 aromatic rings. The van der Waals surface area contributed by atoms with Crippen LogP contribution in [0, 0.1) is 0 Å². The fraction of sp³-hybridized carbons (Fsp3) is 0.643. The van der Waals surface area contributed by atoms with E-state index < -0.39 is 12.1 Å². The van der Waals surface area contributed by atoms with E-state index in [2.05, 4.69) is 6.92 Å². The van der Waals surface area contributed by atoms with Gasteiger partial charge in [-0.25, -0.2) is 4.79 Å². The molecule has 1 N–H and O–H groups in total. The minimum atomic E-state index is -1.02. The van der Waals surface area contributed by atoms with Gasteiger partial charge in [-0.05, 0) is 18.1 Å². The van der Waals surface area contributed by atoms with Crippen molar-refractivity contribution < 1.29 is 24.2 Å². The zero-order valence-corrected chi connectivity index (χ0v) is 20.5. The molecule has 0 aliphatic carbocycles. The van der Waals surface area contributed by atoms with E-state index in [1.807, 2.05) is 30.3 Å². The summed E-state index contributed by atoms with van der Waals surface area (Å²) < 4.78 is 10.0. The van der Waals surface area contributed by atoms with Crippen molar-refractivity contribution in [2.24, 2.45) is 0 Å². The number of unbranched alkanes of at least 4 members (excludes halogenated alkanes) is 12. The molecule has 0 saturated carbocycles. The molecule has 0 fully saturated rings. The largest absolute Gasteiger partial charge is 0.463 e. The standard InChI is InChI=1S/C28H44O5/c1-2-3-4-5-6-7-8-9-10-11-12-13-17-20-27(30)32-23-26(29)24-33-28(31)22-21-25-18-15-14-16-19-25/h14-16,18-19,21-22,26,29H,2-13,17,20,23-24H2,1H3/b22-21+. The number of carbonyl (C=O) groups is 2. The van der Waals surface area contributed by atoms with Crippen molar-refractivity contribution in [2.75, 3.05) is 13.2 Å². The number of aliphatic hydroxyl groups is 1. The van der Waals surface area contributed by atoms with Crippen LogP contribution in [0.1, 0.15) is 102 Å². The first kappa shape index (κ1) is 28.9. The molecular formula is C28H44O5. The Morgan fingerprint density at radius 2 is 1.30 bits per heavy atom. The number of hydrogen-bond donors (Lipinski definition) is 1. The van der Waals surface area contributed by atoms with Crippen LogP contribution in [0.4, 0.5) is 0 Å². The molecule has 0 aromatic heterocycles. The Bertz CT molecular complexity index is 641. The molecule has 0 spiro atoms. The maximum atomic E-state index is 11.8. The van der Waals surface area contributed by atoms with Crippen molar-refractivity contribution in [3.8, 4) is 0 Å². The lowest BCUT2D eigenvalue weighted by Gasteiger charge is -2.11. The Morgan fingerprint density at radius 1 is 0.788 bits per heavy atom. The van der Waals surface area contributed by atoms with Gasteiger partial charge in [-0.15, -0.1) is 0 Å². The molecule has 0 heterocycles. The molecular weight excluding hydrogens is 416 g/mol. The van der Waals surface area contributed by atoms with Crippen LogP contribution in [-0.4, -0.2) is 36.4 Å². The molecule has 0 saturated heterocycles. The molecule has 0 aliphatic heterocycles. The summed E-state index contributed by atoms with van der Waals surface area (Å²) in [5.74, 6) is -0.858. The Balaban J connectivity index is 1.91. The molecule has 0 radical (unpaired) electrons. The number of esters is 2. The third kappa shape index (κ3) is 18.0. The second kappa shape index (κ2) is 20.5. The van der Waals surface area contributed by atoms with E-state index in [-0.39, 0.29) is 19.2 Å². The minimum absolute atomic E-state index is 0.160. The van der Waals surface area contributed by atoms with Gasteiger partial charge >= 0.3 is 11.9 Å². The van der Waals surface area contributed by atoms with E-state index in [9.17, 15) is 14.7 Å². The molecule has 0 amide bonds. The van der Waals surface area contributed by atoms with Gasteiger partial charge in [0, 0.05) is 12.5 Å². The molecule has 186 valence electrons. The molecule has 33 heavy (non-hydrogen) atoms. The van der Waals surface area contributed by atoms with Crippen LogP contribution in [0.2, 0.25) is 0 Å². The molecule has 1 unspecified atom stereocenters. The lowest BCUT2D eigenvalue weighted by molar-refractivity contribution is -0.150. The molecule has 1 atom stereocenters. The summed E-state index contributed by atoms with van der Waals surface area (Å²) in [5.41, 5.74) is 0.886. The van der Waals surface area contributed by atoms with Crippen LogP contribution in [0.3, 0.4) is 0 Å². The van der Waals surface area contributed by atoms with Gasteiger partial charge in [0.2, 0.25) is 0 Å². The lowest BCUT2D eigenvalue weighted by atomic mass is 10.0. The monoisotopic (exact) mass is 460 g/mol. The van der Waals surface area contributed by atoms with Gasteiger partial charge in [0.1, 0.15) is 19.3 Å². The third-order valence-electron chi connectivity index (χ3n) is 5.55. The summed E-state index contributed by atoms with van der Waals surface area (Å²) in [7, 11) is 0. The summed E-state index contributed by atoms with van der Waals surface area (Å²) in [6.07, 6.45) is 18.7. The second-order valence-electron chi connectivity index (χ2n) is 8.70. The first-order valence-electron chi connectivity index (χ1n) is 12.9. The quantitative estimate of drug-likeness (QED) is 0.134. The maximum Gasteiger partial charge on any atom is 0.330 e. The van der Waals surface area contributed by atoms with E-state index >= 15 is 0 Å². The summed E-state index contributed by atoms with van der Waals surface area (Å²) in [6.45, 7) is 1.89. The van der Waals surface area contributed by atoms with Crippen molar-refractivity contribution in [2.45, 2.75) is 103 Å². The number of hydrogen-bond acceptors (Lipinski definition) is 5. The van der Waals surface area contributed by atoms with Crippen LogP contribution >= 0.6 is 0 Å². The summed E-state index contributed by atoms with van der Waals surface area (Å²) >= 11 is 0. The molecule has 0 aliphatic rings. The van der Waals surface area contributed by atoms with Crippen molar-refractivity contribution in [1.82, 2.24) is 0 Å². The number of rotatable bonds is 20. The average Bonchev–Trinajstić information content (AvgIpc) is 2.83. The second-order valence-corrected chi connectivity index (χ2v) is 8.70. The Labute approximate surface area is 200 Å². The fourth-order valence-corrected chi connectivity index (χ4v) is 3.55. The number of carbonyl (C=O) groups excluding carboxylic acids is 2. The Hall–Kier alpha value is -2.14. The van der Waals surface area contributed by atoms with Crippen LogP contribution in [0.25, 0.3) is 6.08 Å². The lowest BCUT2D eigenvalue weighted by Crippen LogP contribution is -2.24. The first-order chi connectivity index (χ1) is 16.1. The average molecular weight is 461 g/mol. The molecule has 1 rings (SSSR count). The first-order valence-corrected chi connectivity index (χ1v) is 12.9. The van der Waals surface area contributed by atoms with Crippen molar-refractivity contribution in [3.63, 3.8) is 0 Å². The third-order valence-corrected chi connectivity index (χ3v) is 5.55. The van der Waals surface area contributed by atoms with Crippen LogP contribution in [0.15, 0.2) is 36.4 Å². The normalized spacial score (nSPS) is 12.1. The highest BCUT2D eigenvalue weighted by Gasteiger charge is 2.11. The van der Waals surface area contributed by atoms with Crippen LogP contribution in [0.5, 0.6) is 0 Å². The van der Waals surface area contributed by atoms with Crippen molar-refractivity contribution in [3.05, 3.63) is 42.0 Å². The Kier molecular flexibility index (Phi) is 17.9. The van der Waals surface area contributed by atoms with E-state index in [1.165, 1.54) is 70.3 Å². The predicted octanol–water partition coefficient (Wildman–Crippen LogP) is 6.63. The molecule has 5 heteroatoms. The van der Waals surface area contributed by atoms with E-state index in [0.29, 0.717) is 6.42 Å². The maximum absolute atomic E-state index is 11.8. The fourth-order valence-electron chi connectivity index (χ4n) is 3.55. The minimum Gasteiger partial charge on any atom is -0.463 e. The van der Waals surface area contributed by atoms with Crippen molar-refractivity contribution in [1.29, 1.82) is 0 Å². The summed E-state index contributed by atoms with van der Waals surface area (Å²) in [5, 5.41) is 9.84.